The Morgan fingerprint density at radius 2 is 1.80 bits per heavy atom. The predicted octanol–water partition coefficient (Wildman–Crippen LogP) is 4.21. The SMILES string of the molecule is O=C(N/N=C\c1ccc(OCc2ccccc2Cl)cc1)[C@@H]1COc2ccccc2O1. The van der Waals surface area contributed by atoms with Gasteiger partial charge in [0, 0.05) is 10.6 Å². The van der Waals surface area contributed by atoms with Crippen LogP contribution in [0.1, 0.15) is 11.1 Å². The maximum atomic E-state index is 12.2. The van der Waals surface area contributed by atoms with Gasteiger partial charge in [-0.1, -0.05) is 41.9 Å². The highest BCUT2D eigenvalue weighted by Gasteiger charge is 2.26. The van der Waals surface area contributed by atoms with E-state index in [0.29, 0.717) is 28.9 Å². The van der Waals surface area contributed by atoms with Crippen molar-refractivity contribution in [2.75, 3.05) is 6.61 Å². The van der Waals surface area contributed by atoms with Gasteiger partial charge >= 0.3 is 0 Å². The number of nitrogens with zero attached hydrogens (tertiary/aromatic N) is 1. The van der Waals surface area contributed by atoms with Gasteiger partial charge in [-0.2, -0.15) is 5.10 Å². The quantitative estimate of drug-likeness (QED) is 0.477. The maximum absolute atomic E-state index is 12.2. The third kappa shape index (κ3) is 4.90. The van der Waals surface area contributed by atoms with E-state index in [1.165, 1.54) is 0 Å². The number of hydrogen-bond donors (Lipinski definition) is 1. The molecule has 7 heteroatoms. The number of hydrogen-bond acceptors (Lipinski definition) is 5. The molecule has 0 saturated carbocycles. The zero-order chi connectivity index (χ0) is 20.8. The molecule has 0 saturated heterocycles. The zero-order valence-corrected chi connectivity index (χ0v) is 16.7. The van der Waals surface area contributed by atoms with E-state index in [1.54, 1.807) is 18.3 Å². The lowest BCUT2D eigenvalue weighted by atomic mass is 10.2. The number of para-hydroxylation sites is 2. The highest BCUT2D eigenvalue weighted by atomic mass is 35.5. The number of amides is 1. The number of halogens is 1. The molecule has 3 aromatic carbocycles. The molecule has 0 fully saturated rings. The van der Waals surface area contributed by atoms with E-state index in [2.05, 4.69) is 10.5 Å². The van der Waals surface area contributed by atoms with Crippen molar-refractivity contribution in [2.24, 2.45) is 5.10 Å². The Morgan fingerprint density at radius 1 is 1.07 bits per heavy atom. The van der Waals surface area contributed by atoms with Gasteiger partial charge in [-0.05, 0) is 48.0 Å². The Balaban J connectivity index is 1.27. The summed E-state index contributed by atoms with van der Waals surface area (Å²) in [5, 5.41) is 4.66. The number of ether oxygens (including phenoxy) is 3. The summed E-state index contributed by atoms with van der Waals surface area (Å²) in [6.07, 6.45) is 0.797. The van der Waals surface area contributed by atoms with Gasteiger partial charge in [0.15, 0.2) is 11.5 Å². The zero-order valence-electron chi connectivity index (χ0n) is 16.0. The van der Waals surface area contributed by atoms with E-state index in [1.807, 2.05) is 60.7 Å². The molecule has 1 N–H and O–H groups in total. The number of hydrazone groups is 1. The fourth-order valence-corrected chi connectivity index (χ4v) is 3.01. The fourth-order valence-electron chi connectivity index (χ4n) is 2.82. The van der Waals surface area contributed by atoms with Gasteiger partial charge in [0.25, 0.3) is 5.91 Å². The van der Waals surface area contributed by atoms with Crippen LogP contribution in [-0.4, -0.2) is 24.8 Å². The molecule has 4 rings (SSSR count). The number of nitrogens with one attached hydrogen (secondary N) is 1. The Hall–Kier alpha value is -3.51. The summed E-state index contributed by atoms with van der Waals surface area (Å²) < 4.78 is 16.9. The maximum Gasteiger partial charge on any atom is 0.284 e. The lowest BCUT2D eigenvalue weighted by Crippen LogP contribution is -2.42. The second-order valence-electron chi connectivity index (χ2n) is 6.55. The third-order valence-corrected chi connectivity index (χ3v) is 4.79. The van der Waals surface area contributed by atoms with Crippen LogP contribution in [0.25, 0.3) is 0 Å². The van der Waals surface area contributed by atoms with Crippen molar-refractivity contribution in [2.45, 2.75) is 12.7 Å². The Morgan fingerprint density at radius 3 is 2.60 bits per heavy atom. The van der Waals surface area contributed by atoms with Crippen LogP contribution in [0.4, 0.5) is 0 Å². The molecule has 1 heterocycles. The highest BCUT2D eigenvalue weighted by Crippen LogP contribution is 2.30. The van der Waals surface area contributed by atoms with E-state index in [4.69, 9.17) is 25.8 Å². The van der Waals surface area contributed by atoms with Crippen LogP contribution in [-0.2, 0) is 11.4 Å². The molecule has 0 aliphatic carbocycles. The molecule has 152 valence electrons. The minimum atomic E-state index is -0.752. The van der Waals surface area contributed by atoms with Crippen molar-refractivity contribution >= 4 is 23.7 Å². The molecule has 1 aliphatic heterocycles. The van der Waals surface area contributed by atoms with E-state index in [0.717, 1.165) is 11.1 Å². The summed E-state index contributed by atoms with van der Waals surface area (Å²) in [6.45, 7) is 0.519. The molecule has 0 aromatic heterocycles. The molecule has 1 amide bonds. The van der Waals surface area contributed by atoms with Gasteiger partial charge in [0.2, 0.25) is 6.10 Å². The number of carbonyl (C=O) groups is 1. The average molecular weight is 423 g/mol. The first-order valence-corrected chi connectivity index (χ1v) is 9.74. The van der Waals surface area contributed by atoms with Crippen LogP contribution in [0.5, 0.6) is 17.2 Å². The van der Waals surface area contributed by atoms with Crippen LogP contribution in [0.15, 0.2) is 77.9 Å². The molecule has 6 nitrogen and oxygen atoms in total. The molecule has 0 spiro atoms. The lowest BCUT2D eigenvalue weighted by Gasteiger charge is -2.24. The Kier molecular flexibility index (Phi) is 6.15. The molecule has 0 radical (unpaired) electrons. The molecule has 3 aromatic rings. The van der Waals surface area contributed by atoms with Crippen LogP contribution in [0.2, 0.25) is 5.02 Å². The number of rotatable bonds is 6. The molecule has 30 heavy (non-hydrogen) atoms. The Labute approximate surface area is 179 Å². The third-order valence-electron chi connectivity index (χ3n) is 4.42. The molecule has 0 unspecified atom stereocenters. The van der Waals surface area contributed by atoms with Crippen molar-refractivity contribution in [1.29, 1.82) is 0 Å². The second-order valence-corrected chi connectivity index (χ2v) is 6.95. The van der Waals surface area contributed by atoms with Gasteiger partial charge < -0.3 is 14.2 Å². The number of benzene rings is 3. The summed E-state index contributed by atoms with van der Waals surface area (Å²) >= 11 is 6.13. The Bertz CT molecular complexity index is 1050. The van der Waals surface area contributed by atoms with Crippen LogP contribution in [0, 0.1) is 0 Å². The predicted molar refractivity (Wildman–Crippen MR) is 114 cm³/mol. The van der Waals surface area contributed by atoms with Crippen LogP contribution < -0.4 is 19.6 Å². The average Bonchev–Trinajstić information content (AvgIpc) is 2.79. The molecule has 1 atom stereocenters. The summed E-state index contributed by atoms with van der Waals surface area (Å²) in [5.74, 6) is 1.50. The second kappa shape index (κ2) is 9.33. The number of carbonyl (C=O) groups excluding carboxylic acids is 1. The van der Waals surface area contributed by atoms with E-state index >= 15 is 0 Å². The minimum Gasteiger partial charge on any atom is -0.489 e. The van der Waals surface area contributed by atoms with Crippen LogP contribution in [0.3, 0.4) is 0 Å². The van der Waals surface area contributed by atoms with Crippen molar-refractivity contribution in [1.82, 2.24) is 5.43 Å². The summed E-state index contributed by atoms with van der Waals surface area (Å²) in [4.78, 5) is 12.2. The monoisotopic (exact) mass is 422 g/mol. The summed E-state index contributed by atoms with van der Waals surface area (Å²) in [6, 6.07) is 22.1. The topological polar surface area (TPSA) is 69.2 Å². The lowest BCUT2D eigenvalue weighted by molar-refractivity contribution is -0.130. The van der Waals surface area contributed by atoms with Crippen molar-refractivity contribution in [3.05, 3.63) is 88.9 Å². The van der Waals surface area contributed by atoms with Crippen LogP contribution >= 0.6 is 11.6 Å². The largest absolute Gasteiger partial charge is 0.489 e. The van der Waals surface area contributed by atoms with Crippen molar-refractivity contribution in [3.8, 4) is 17.2 Å². The van der Waals surface area contributed by atoms with Crippen molar-refractivity contribution < 1.29 is 19.0 Å². The summed E-state index contributed by atoms with van der Waals surface area (Å²) in [7, 11) is 0. The standard InChI is InChI=1S/C23H19ClN2O4/c24-19-6-2-1-5-17(19)14-28-18-11-9-16(10-12-18)13-25-26-23(27)22-15-29-20-7-3-4-8-21(20)30-22/h1-13,22H,14-15H2,(H,26,27)/b25-13-/t22-/m0/s1. The van der Waals surface area contributed by atoms with Gasteiger partial charge in [-0.15, -0.1) is 0 Å². The number of fused-ring (bicyclic) bond motifs is 1. The molecular formula is C23H19ClN2O4. The van der Waals surface area contributed by atoms with Gasteiger partial charge in [-0.25, -0.2) is 5.43 Å². The van der Waals surface area contributed by atoms with Gasteiger partial charge in [0.1, 0.15) is 19.0 Å². The molecule has 1 aliphatic rings. The van der Waals surface area contributed by atoms with Gasteiger partial charge in [-0.3, -0.25) is 4.79 Å². The van der Waals surface area contributed by atoms with E-state index in [9.17, 15) is 4.79 Å². The van der Waals surface area contributed by atoms with Crippen molar-refractivity contribution in [3.63, 3.8) is 0 Å². The first-order valence-electron chi connectivity index (χ1n) is 9.37. The summed E-state index contributed by atoms with van der Waals surface area (Å²) in [5.41, 5.74) is 4.21. The molecular weight excluding hydrogens is 404 g/mol. The highest BCUT2D eigenvalue weighted by molar-refractivity contribution is 6.31. The first kappa shape index (κ1) is 19.8. The smallest absolute Gasteiger partial charge is 0.284 e. The normalized spacial score (nSPS) is 15.0. The van der Waals surface area contributed by atoms with Gasteiger partial charge in [0.05, 0.1) is 6.21 Å². The first-order chi connectivity index (χ1) is 14.7. The fraction of sp³-hybridized carbons (Fsp3) is 0.130. The van der Waals surface area contributed by atoms with E-state index in [-0.39, 0.29) is 12.5 Å². The molecule has 0 bridgehead atoms. The van der Waals surface area contributed by atoms with E-state index < -0.39 is 6.10 Å². The minimum absolute atomic E-state index is 0.135.